The van der Waals surface area contributed by atoms with E-state index in [0.29, 0.717) is 11.7 Å². The van der Waals surface area contributed by atoms with Crippen LogP contribution in [-0.4, -0.2) is 14.9 Å². The highest BCUT2D eigenvalue weighted by Gasteiger charge is 2.15. The van der Waals surface area contributed by atoms with Crippen LogP contribution in [0.1, 0.15) is 30.8 Å². The Morgan fingerprint density at radius 1 is 1.17 bits per heavy atom. The van der Waals surface area contributed by atoms with Crippen LogP contribution in [0.3, 0.4) is 0 Å². The molecule has 0 saturated carbocycles. The van der Waals surface area contributed by atoms with Crippen LogP contribution in [0.25, 0.3) is 5.69 Å². The van der Waals surface area contributed by atoms with Gasteiger partial charge in [-0.15, -0.1) is 0 Å². The molecule has 0 spiro atoms. The second-order valence-electron chi connectivity index (χ2n) is 5.23. The van der Waals surface area contributed by atoms with Crippen molar-refractivity contribution < 1.29 is 5.11 Å². The van der Waals surface area contributed by atoms with Gasteiger partial charge in [-0.3, -0.25) is 0 Å². The molecule has 1 aromatic heterocycles. The average Bonchev–Trinajstić information content (AvgIpc) is 2.58. The molecule has 0 fully saturated rings. The van der Waals surface area contributed by atoms with Crippen molar-refractivity contribution >= 4 is 0 Å². The van der Waals surface area contributed by atoms with E-state index < -0.39 is 0 Å². The lowest BCUT2D eigenvalue weighted by Crippen LogP contribution is -2.00. The standard InChI is InChI=1S/C15H20N2O/c1-10(2)9-14-15(18)12(4)17(16-14)13-7-5-11(3)6-8-13/h5-8,10,18H,9H2,1-4H3. The first-order valence-electron chi connectivity index (χ1n) is 6.33. The Morgan fingerprint density at radius 2 is 1.78 bits per heavy atom. The third-order valence-electron chi connectivity index (χ3n) is 3.03. The fourth-order valence-electron chi connectivity index (χ4n) is 2.01. The molecule has 2 aromatic rings. The zero-order chi connectivity index (χ0) is 13.3. The van der Waals surface area contributed by atoms with E-state index in [0.717, 1.165) is 23.5 Å². The maximum Gasteiger partial charge on any atom is 0.160 e. The van der Waals surface area contributed by atoms with Gasteiger partial charge in [0, 0.05) is 0 Å². The van der Waals surface area contributed by atoms with Crippen LogP contribution in [0.15, 0.2) is 24.3 Å². The maximum atomic E-state index is 10.1. The fraction of sp³-hybridized carbons (Fsp3) is 0.400. The minimum atomic E-state index is 0.323. The Hall–Kier alpha value is -1.77. The summed E-state index contributed by atoms with van der Waals surface area (Å²) in [4.78, 5) is 0. The van der Waals surface area contributed by atoms with Gasteiger partial charge in [0.1, 0.15) is 5.69 Å². The highest BCUT2D eigenvalue weighted by Crippen LogP contribution is 2.26. The maximum absolute atomic E-state index is 10.1. The lowest BCUT2D eigenvalue weighted by molar-refractivity contribution is 0.458. The van der Waals surface area contributed by atoms with Crippen LogP contribution < -0.4 is 0 Å². The summed E-state index contributed by atoms with van der Waals surface area (Å²) in [5, 5.41) is 14.6. The van der Waals surface area contributed by atoms with Gasteiger partial charge in [-0.05, 0) is 38.3 Å². The van der Waals surface area contributed by atoms with E-state index in [-0.39, 0.29) is 0 Å². The van der Waals surface area contributed by atoms with E-state index in [1.165, 1.54) is 5.56 Å². The smallest absolute Gasteiger partial charge is 0.160 e. The molecule has 0 saturated heterocycles. The Bertz CT molecular complexity index is 538. The third kappa shape index (κ3) is 2.40. The van der Waals surface area contributed by atoms with E-state index in [1.54, 1.807) is 0 Å². The zero-order valence-corrected chi connectivity index (χ0v) is 11.4. The molecule has 96 valence electrons. The summed E-state index contributed by atoms with van der Waals surface area (Å²) >= 11 is 0. The minimum absolute atomic E-state index is 0.323. The zero-order valence-electron chi connectivity index (χ0n) is 11.4. The largest absolute Gasteiger partial charge is 0.504 e. The SMILES string of the molecule is Cc1ccc(-n2nc(CC(C)C)c(O)c2C)cc1. The first-order valence-corrected chi connectivity index (χ1v) is 6.33. The number of hydrogen-bond donors (Lipinski definition) is 1. The quantitative estimate of drug-likeness (QED) is 0.898. The third-order valence-corrected chi connectivity index (χ3v) is 3.03. The number of nitrogens with zero attached hydrogens (tertiary/aromatic N) is 2. The average molecular weight is 244 g/mol. The number of rotatable bonds is 3. The molecule has 1 aromatic carbocycles. The Labute approximate surface area is 108 Å². The molecule has 1 N–H and O–H groups in total. The topological polar surface area (TPSA) is 38.0 Å². The molecule has 3 heteroatoms. The van der Waals surface area contributed by atoms with Gasteiger partial charge in [-0.1, -0.05) is 31.5 Å². The van der Waals surface area contributed by atoms with Gasteiger partial charge in [-0.2, -0.15) is 5.10 Å². The minimum Gasteiger partial charge on any atom is -0.504 e. The van der Waals surface area contributed by atoms with Gasteiger partial charge in [0.05, 0.1) is 11.4 Å². The fourth-order valence-corrected chi connectivity index (χ4v) is 2.01. The molecule has 0 aliphatic carbocycles. The molecular weight excluding hydrogens is 224 g/mol. The molecule has 0 bridgehead atoms. The van der Waals surface area contributed by atoms with Gasteiger partial charge in [0.25, 0.3) is 0 Å². The molecule has 0 radical (unpaired) electrons. The summed E-state index contributed by atoms with van der Waals surface area (Å²) in [5.41, 5.74) is 3.79. The number of aryl methyl sites for hydroxylation is 1. The van der Waals surface area contributed by atoms with Crippen molar-refractivity contribution in [1.29, 1.82) is 0 Å². The molecule has 1 heterocycles. The summed E-state index contributed by atoms with van der Waals surface area (Å²) in [6.45, 7) is 8.20. The molecule has 18 heavy (non-hydrogen) atoms. The summed E-state index contributed by atoms with van der Waals surface area (Å²) in [6, 6.07) is 8.15. The highest BCUT2D eigenvalue weighted by atomic mass is 16.3. The Morgan fingerprint density at radius 3 is 2.33 bits per heavy atom. The van der Waals surface area contributed by atoms with E-state index >= 15 is 0 Å². The van der Waals surface area contributed by atoms with Crippen LogP contribution in [-0.2, 0) is 6.42 Å². The molecule has 0 aliphatic heterocycles. The van der Waals surface area contributed by atoms with Crippen molar-refractivity contribution in [2.24, 2.45) is 5.92 Å². The van der Waals surface area contributed by atoms with Crippen LogP contribution in [0, 0.1) is 19.8 Å². The van der Waals surface area contributed by atoms with E-state index in [1.807, 2.05) is 23.7 Å². The molecule has 0 aliphatic rings. The number of aromatic hydroxyl groups is 1. The summed E-state index contributed by atoms with van der Waals surface area (Å²) in [7, 11) is 0. The molecule has 3 nitrogen and oxygen atoms in total. The Balaban J connectivity index is 2.42. The van der Waals surface area contributed by atoms with Crippen molar-refractivity contribution in [3.63, 3.8) is 0 Å². The lowest BCUT2D eigenvalue weighted by atomic mass is 10.1. The van der Waals surface area contributed by atoms with Crippen LogP contribution in [0.2, 0.25) is 0 Å². The van der Waals surface area contributed by atoms with Gasteiger partial charge < -0.3 is 5.11 Å². The molecule has 0 amide bonds. The molecular formula is C15H20N2O. The first kappa shape index (κ1) is 12.7. The summed E-state index contributed by atoms with van der Waals surface area (Å²) < 4.78 is 1.81. The number of benzene rings is 1. The summed E-state index contributed by atoms with van der Waals surface area (Å²) in [5.74, 6) is 0.806. The normalized spacial score (nSPS) is 11.2. The van der Waals surface area contributed by atoms with Crippen molar-refractivity contribution in [2.75, 3.05) is 0 Å². The number of hydrogen-bond acceptors (Lipinski definition) is 2. The Kier molecular flexibility index (Phi) is 3.41. The van der Waals surface area contributed by atoms with E-state index in [9.17, 15) is 5.11 Å². The molecule has 0 atom stereocenters. The van der Waals surface area contributed by atoms with Crippen LogP contribution in [0.5, 0.6) is 5.75 Å². The predicted molar refractivity (Wildman–Crippen MR) is 73.2 cm³/mol. The van der Waals surface area contributed by atoms with Crippen molar-refractivity contribution in [2.45, 2.75) is 34.1 Å². The van der Waals surface area contributed by atoms with Crippen molar-refractivity contribution in [1.82, 2.24) is 9.78 Å². The molecule has 0 unspecified atom stereocenters. The first-order chi connectivity index (χ1) is 8.49. The second kappa shape index (κ2) is 4.84. The highest BCUT2D eigenvalue weighted by molar-refractivity contribution is 5.41. The van der Waals surface area contributed by atoms with Gasteiger partial charge >= 0.3 is 0 Å². The number of aromatic nitrogens is 2. The molecule has 2 rings (SSSR count). The van der Waals surface area contributed by atoms with Crippen LogP contribution in [0.4, 0.5) is 0 Å². The summed E-state index contributed by atoms with van der Waals surface area (Å²) in [6.07, 6.45) is 0.797. The predicted octanol–water partition coefficient (Wildman–Crippen LogP) is 3.39. The van der Waals surface area contributed by atoms with Gasteiger partial charge in [0.15, 0.2) is 5.75 Å². The van der Waals surface area contributed by atoms with E-state index in [4.69, 9.17) is 0 Å². The van der Waals surface area contributed by atoms with E-state index in [2.05, 4.69) is 38.0 Å². The van der Waals surface area contributed by atoms with Gasteiger partial charge in [-0.25, -0.2) is 4.68 Å². The second-order valence-corrected chi connectivity index (χ2v) is 5.23. The monoisotopic (exact) mass is 244 g/mol. The lowest BCUT2D eigenvalue weighted by Gasteiger charge is -2.04. The van der Waals surface area contributed by atoms with Crippen molar-refractivity contribution in [3.05, 3.63) is 41.2 Å². The van der Waals surface area contributed by atoms with Crippen LogP contribution >= 0.6 is 0 Å². The van der Waals surface area contributed by atoms with Crippen molar-refractivity contribution in [3.8, 4) is 11.4 Å². The van der Waals surface area contributed by atoms with Gasteiger partial charge in [0.2, 0.25) is 0 Å².